The van der Waals surface area contributed by atoms with Gasteiger partial charge >= 0.3 is 0 Å². The number of rotatable bonds is 3. The van der Waals surface area contributed by atoms with Crippen LogP contribution in [0.5, 0.6) is 0 Å². The second kappa shape index (κ2) is 6.38. The van der Waals surface area contributed by atoms with E-state index in [1.807, 2.05) is 18.2 Å². The molecule has 0 saturated carbocycles. The monoisotopic (exact) mass is 286 g/mol. The van der Waals surface area contributed by atoms with Gasteiger partial charge < -0.3 is 5.32 Å². The Kier molecular flexibility index (Phi) is 4.34. The highest BCUT2D eigenvalue weighted by molar-refractivity contribution is 6.31. The molecule has 1 saturated heterocycles. The molecule has 3 heteroatoms. The molecule has 20 heavy (non-hydrogen) atoms. The third-order valence-corrected chi connectivity index (χ3v) is 4.24. The van der Waals surface area contributed by atoms with E-state index in [0.717, 1.165) is 35.8 Å². The molecule has 1 fully saturated rings. The molecule has 104 valence electrons. The Bertz CT molecular complexity index is 577. The van der Waals surface area contributed by atoms with Crippen molar-refractivity contribution in [2.24, 2.45) is 0 Å². The van der Waals surface area contributed by atoms with Gasteiger partial charge in [0.25, 0.3) is 0 Å². The minimum atomic E-state index is 0.551. The molecule has 1 aromatic heterocycles. The number of halogens is 1. The molecule has 2 heterocycles. The first-order valence-corrected chi connectivity index (χ1v) is 7.60. The van der Waals surface area contributed by atoms with Crippen LogP contribution < -0.4 is 5.32 Å². The first-order chi connectivity index (χ1) is 9.83. The number of hydrogen-bond donors (Lipinski definition) is 1. The minimum Gasteiger partial charge on any atom is -0.316 e. The predicted octanol–water partition coefficient (Wildman–Crippen LogP) is 3.79. The van der Waals surface area contributed by atoms with Gasteiger partial charge in [0, 0.05) is 35.3 Å². The van der Waals surface area contributed by atoms with Crippen molar-refractivity contribution < 1.29 is 0 Å². The van der Waals surface area contributed by atoms with Gasteiger partial charge in [-0.05, 0) is 43.1 Å². The summed E-state index contributed by atoms with van der Waals surface area (Å²) in [6, 6.07) is 14.3. The molecular weight excluding hydrogens is 268 g/mol. The smallest absolute Gasteiger partial charge is 0.0451 e. The summed E-state index contributed by atoms with van der Waals surface area (Å²) >= 11 is 6.22. The zero-order valence-electron chi connectivity index (χ0n) is 11.5. The summed E-state index contributed by atoms with van der Waals surface area (Å²) in [5.41, 5.74) is 3.45. The number of piperidine rings is 1. The largest absolute Gasteiger partial charge is 0.316 e. The molecule has 1 N–H and O–H groups in total. The van der Waals surface area contributed by atoms with Crippen LogP contribution in [0.1, 0.15) is 35.7 Å². The summed E-state index contributed by atoms with van der Waals surface area (Å²) in [7, 11) is 0. The summed E-state index contributed by atoms with van der Waals surface area (Å²) in [5.74, 6) is 0.551. The van der Waals surface area contributed by atoms with Crippen LogP contribution in [0.4, 0.5) is 0 Å². The lowest BCUT2D eigenvalue weighted by Gasteiger charge is -2.22. The van der Waals surface area contributed by atoms with E-state index in [4.69, 9.17) is 16.6 Å². The normalized spacial score (nSPS) is 18.9. The Morgan fingerprint density at radius 2 is 2.05 bits per heavy atom. The lowest BCUT2D eigenvalue weighted by Crippen LogP contribution is -2.28. The third-order valence-electron chi connectivity index (χ3n) is 3.87. The average Bonchev–Trinajstić information content (AvgIpc) is 2.51. The third kappa shape index (κ3) is 3.20. The van der Waals surface area contributed by atoms with Gasteiger partial charge in [-0.25, -0.2) is 0 Å². The molecule has 0 amide bonds. The second-order valence-electron chi connectivity index (χ2n) is 5.37. The predicted molar refractivity (Wildman–Crippen MR) is 83.3 cm³/mol. The number of benzene rings is 1. The van der Waals surface area contributed by atoms with E-state index in [1.54, 1.807) is 0 Å². The van der Waals surface area contributed by atoms with Crippen LogP contribution in [0.3, 0.4) is 0 Å². The number of pyridine rings is 1. The van der Waals surface area contributed by atoms with E-state index in [0.29, 0.717) is 5.92 Å². The first kappa shape index (κ1) is 13.6. The van der Waals surface area contributed by atoms with Gasteiger partial charge in [0.2, 0.25) is 0 Å². The topological polar surface area (TPSA) is 24.9 Å². The fraction of sp³-hybridized carbons (Fsp3) is 0.353. The summed E-state index contributed by atoms with van der Waals surface area (Å²) < 4.78 is 0. The van der Waals surface area contributed by atoms with E-state index in [-0.39, 0.29) is 0 Å². The summed E-state index contributed by atoms with van der Waals surface area (Å²) in [5, 5.41) is 4.27. The van der Waals surface area contributed by atoms with Crippen LogP contribution in [0.25, 0.3) is 0 Å². The van der Waals surface area contributed by atoms with Gasteiger partial charge in [-0.2, -0.15) is 0 Å². The van der Waals surface area contributed by atoms with Crippen molar-refractivity contribution in [2.45, 2.75) is 25.2 Å². The van der Waals surface area contributed by atoms with Crippen molar-refractivity contribution in [3.8, 4) is 0 Å². The first-order valence-electron chi connectivity index (χ1n) is 7.23. The maximum atomic E-state index is 6.22. The molecule has 0 radical (unpaired) electrons. The van der Waals surface area contributed by atoms with Crippen LogP contribution in [0.15, 0.2) is 42.5 Å². The van der Waals surface area contributed by atoms with Gasteiger partial charge in [0.05, 0.1) is 0 Å². The van der Waals surface area contributed by atoms with Crippen molar-refractivity contribution >= 4 is 11.6 Å². The van der Waals surface area contributed by atoms with Crippen molar-refractivity contribution in [2.75, 3.05) is 13.1 Å². The summed E-state index contributed by atoms with van der Waals surface area (Å²) in [6.07, 6.45) is 3.27. The van der Waals surface area contributed by atoms with Crippen LogP contribution in [0, 0.1) is 0 Å². The van der Waals surface area contributed by atoms with Crippen LogP contribution in [-0.4, -0.2) is 18.1 Å². The van der Waals surface area contributed by atoms with Crippen molar-refractivity contribution in [3.63, 3.8) is 0 Å². The molecular formula is C17H19ClN2. The van der Waals surface area contributed by atoms with Crippen molar-refractivity contribution in [1.29, 1.82) is 0 Å². The van der Waals surface area contributed by atoms with Gasteiger partial charge in [-0.3, -0.25) is 4.98 Å². The lowest BCUT2D eigenvalue weighted by atomic mass is 9.95. The molecule has 1 aliphatic heterocycles. The van der Waals surface area contributed by atoms with Gasteiger partial charge in [-0.15, -0.1) is 0 Å². The maximum absolute atomic E-state index is 6.22. The Labute approximate surface area is 125 Å². The van der Waals surface area contributed by atoms with Crippen LogP contribution >= 0.6 is 11.6 Å². The number of hydrogen-bond acceptors (Lipinski definition) is 2. The quantitative estimate of drug-likeness (QED) is 0.928. The molecule has 1 aromatic carbocycles. The highest BCUT2D eigenvalue weighted by atomic mass is 35.5. The molecule has 0 spiro atoms. The molecule has 3 rings (SSSR count). The number of aromatic nitrogens is 1. The molecule has 2 nitrogen and oxygen atoms in total. The van der Waals surface area contributed by atoms with Gasteiger partial charge in [-0.1, -0.05) is 35.9 Å². The van der Waals surface area contributed by atoms with Crippen molar-refractivity contribution in [1.82, 2.24) is 10.3 Å². The molecule has 1 aliphatic rings. The fourth-order valence-corrected chi connectivity index (χ4v) is 2.97. The average molecular weight is 287 g/mol. The van der Waals surface area contributed by atoms with Crippen molar-refractivity contribution in [3.05, 3.63) is 64.4 Å². The number of nitrogens with one attached hydrogen (secondary N) is 1. The Morgan fingerprint density at radius 1 is 1.15 bits per heavy atom. The molecule has 1 atom stereocenters. The van der Waals surface area contributed by atoms with E-state index < -0.39 is 0 Å². The lowest BCUT2D eigenvalue weighted by molar-refractivity contribution is 0.454. The zero-order chi connectivity index (χ0) is 13.8. The van der Waals surface area contributed by atoms with E-state index in [9.17, 15) is 0 Å². The summed E-state index contributed by atoms with van der Waals surface area (Å²) in [6.45, 7) is 2.18. The molecule has 0 aliphatic carbocycles. The van der Waals surface area contributed by atoms with E-state index >= 15 is 0 Å². The summed E-state index contributed by atoms with van der Waals surface area (Å²) in [4.78, 5) is 4.83. The van der Waals surface area contributed by atoms with E-state index in [2.05, 4.69) is 29.6 Å². The highest BCUT2D eigenvalue weighted by Gasteiger charge is 2.16. The Morgan fingerprint density at radius 3 is 2.85 bits per heavy atom. The minimum absolute atomic E-state index is 0.551. The molecule has 1 unspecified atom stereocenters. The number of nitrogens with zero attached hydrogens (tertiary/aromatic N) is 1. The molecule has 2 aromatic rings. The second-order valence-corrected chi connectivity index (χ2v) is 5.77. The fourth-order valence-electron chi connectivity index (χ4n) is 2.77. The zero-order valence-corrected chi connectivity index (χ0v) is 12.2. The maximum Gasteiger partial charge on any atom is 0.0451 e. The SMILES string of the molecule is Clc1ccccc1Cc1cccc(C2CCCNC2)n1. The van der Waals surface area contributed by atoms with E-state index in [1.165, 1.54) is 18.5 Å². The van der Waals surface area contributed by atoms with Gasteiger partial charge in [0.15, 0.2) is 0 Å². The Hall–Kier alpha value is -1.38. The Balaban J connectivity index is 1.79. The van der Waals surface area contributed by atoms with Crippen LogP contribution in [-0.2, 0) is 6.42 Å². The van der Waals surface area contributed by atoms with Gasteiger partial charge in [0.1, 0.15) is 0 Å². The van der Waals surface area contributed by atoms with Crippen LogP contribution in [0.2, 0.25) is 5.02 Å². The molecule has 0 bridgehead atoms. The standard InChI is InChI=1S/C17H19ClN2/c18-16-8-2-1-5-13(16)11-15-7-3-9-17(20-15)14-6-4-10-19-12-14/h1-3,5,7-9,14,19H,4,6,10-12H2. The highest BCUT2D eigenvalue weighted by Crippen LogP contribution is 2.23.